The van der Waals surface area contributed by atoms with Crippen LogP contribution in [0.2, 0.25) is 0 Å². The molecule has 0 amide bonds. The van der Waals surface area contributed by atoms with Crippen molar-refractivity contribution in [3.05, 3.63) is 70.2 Å². The summed E-state index contributed by atoms with van der Waals surface area (Å²) in [4.78, 5) is 13.1. The quantitative estimate of drug-likeness (QED) is 0.772. The fraction of sp³-hybridized carbons (Fsp3) is 0.316. The monoisotopic (exact) mass is 332 g/mol. The molecule has 0 radical (unpaired) electrons. The Kier molecular flexibility index (Phi) is 7.27. The average Bonchev–Trinajstić information content (AvgIpc) is 2.54. The van der Waals surface area contributed by atoms with Gasteiger partial charge in [0.25, 0.3) is 5.56 Å². The molecule has 0 aromatic carbocycles. The summed E-state index contributed by atoms with van der Waals surface area (Å²) in [6.45, 7) is 11.4. The molecule has 1 aromatic heterocycles. The molecule has 0 spiro atoms. The van der Waals surface area contributed by atoms with Crippen molar-refractivity contribution in [3.63, 3.8) is 0 Å². The fourth-order valence-corrected chi connectivity index (χ4v) is 2.59. The third-order valence-corrected chi connectivity index (χ3v) is 3.99. The first-order chi connectivity index (χ1) is 10.9. The van der Waals surface area contributed by atoms with Crippen molar-refractivity contribution < 1.29 is 0 Å². The zero-order valence-electron chi connectivity index (χ0n) is 14.3. The summed E-state index contributed by atoms with van der Waals surface area (Å²) >= 11 is 6.29. The maximum atomic E-state index is 13.1. The molecule has 0 aliphatic heterocycles. The van der Waals surface area contributed by atoms with Crippen LogP contribution in [0.5, 0.6) is 0 Å². The topological polar surface area (TPSA) is 48.0 Å². The molecule has 0 aliphatic rings. The van der Waals surface area contributed by atoms with E-state index in [4.69, 9.17) is 17.3 Å². The number of aromatic nitrogens is 1. The lowest BCUT2D eigenvalue weighted by Crippen LogP contribution is -2.29. The second-order valence-electron chi connectivity index (χ2n) is 5.21. The lowest BCUT2D eigenvalue weighted by atomic mass is 10.0. The van der Waals surface area contributed by atoms with E-state index in [2.05, 4.69) is 6.58 Å². The van der Waals surface area contributed by atoms with E-state index in [1.54, 1.807) is 16.7 Å². The van der Waals surface area contributed by atoms with Gasteiger partial charge in [0, 0.05) is 22.5 Å². The van der Waals surface area contributed by atoms with Gasteiger partial charge in [0.15, 0.2) is 0 Å². The van der Waals surface area contributed by atoms with E-state index in [0.717, 1.165) is 11.3 Å². The Hall–Kier alpha value is -1.84. The van der Waals surface area contributed by atoms with Crippen molar-refractivity contribution in [1.29, 1.82) is 0 Å². The molecule has 3 nitrogen and oxygen atoms in total. The molecule has 0 saturated heterocycles. The number of allylic oxidation sites excluding steroid dienone is 6. The molecule has 1 heterocycles. The third-order valence-electron chi connectivity index (χ3n) is 3.58. The van der Waals surface area contributed by atoms with Crippen molar-refractivity contribution in [3.8, 4) is 0 Å². The van der Waals surface area contributed by atoms with Crippen LogP contribution in [-0.2, 0) is 6.42 Å². The smallest absolute Gasteiger partial charge is 0.264 e. The lowest BCUT2D eigenvalue weighted by Gasteiger charge is -2.20. The second kappa shape index (κ2) is 8.70. The zero-order chi connectivity index (χ0) is 17.6. The van der Waals surface area contributed by atoms with Gasteiger partial charge in [-0.15, -0.1) is 0 Å². The van der Waals surface area contributed by atoms with E-state index in [1.807, 2.05) is 52.0 Å². The van der Waals surface area contributed by atoms with E-state index in [0.29, 0.717) is 22.7 Å². The standard InChI is InChI=1S/C19H25ClN2O/c1-6-10-11-15(8-3)22-17(13(5)21)12-14(7-2)18(19(22)23)16(20)9-4/h6,8-13H,3,7,21H2,1-2,4-5H3/b10-6-,15-11+,16-9+/t13-/m0/s1. The summed E-state index contributed by atoms with van der Waals surface area (Å²) in [6, 6.07) is 1.67. The second-order valence-corrected chi connectivity index (χ2v) is 5.62. The predicted molar refractivity (Wildman–Crippen MR) is 101 cm³/mol. The Morgan fingerprint density at radius 2 is 2.13 bits per heavy atom. The van der Waals surface area contributed by atoms with Crippen LogP contribution < -0.4 is 11.3 Å². The van der Waals surface area contributed by atoms with E-state index in [9.17, 15) is 4.79 Å². The molecule has 0 saturated carbocycles. The summed E-state index contributed by atoms with van der Waals surface area (Å²) in [5.41, 5.74) is 8.76. The molecule has 0 unspecified atom stereocenters. The number of nitrogens with zero attached hydrogens (tertiary/aromatic N) is 1. The number of nitrogens with two attached hydrogens (primary N) is 1. The minimum Gasteiger partial charge on any atom is -0.323 e. The van der Waals surface area contributed by atoms with Crippen LogP contribution in [0.4, 0.5) is 0 Å². The van der Waals surface area contributed by atoms with Gasteiger partial charge in [-0.05, 0) is 51.0 Å². The van der Waals surface area contributed by atoms with Gasteiger partial charge < -0.3 is 5.73 Å². The van der Waals surface area contributed by atoms with Crippen molar-refractivity contribution in [2.75, 3.05) is 0 Å². The molecule has 1 atom stereocenters. The summed E-state index contributed by atoms with van der Waals surface area (Å²) in [5, 5.41) is 0.450. The highest BCUT2D eigenvalue weighted by molar-refractivity contribution is 6.48. The maximum absolute atomic E-state index is 13.1. The Labute approximate surface area is 143 Å². The van der Waals surface area contributed by atoms with Crippen molar-refractivity contribution in [1.82, 2.24) is 4.57 Å². The normalized spacial score (nSPS) is 14.3. The van der Waals surface area contributed by atoms with Crippen molar-refractivity contribution in [2.24, 2.45) is 5.73 Å². The van der Waals surface area contributed by atoms with Crippen LogP contribution in [-0.4, -0.2) is 4.57 Å². The summed E-state index contributed by atoms with van der Waals surface area (Å²) < 4.78 is 1.60. The first-order valence-electron chi connectivity index (χ1n) is 7.75. The average molecular weight is 333 g/mol. The van der Waals surface area contributed by atoms with Crippen LogP contribution in [0.15, 0.2) is 47.8 Å². The van der Waals surface area contributed by atoms with Gasteiger partial charge in [-0.3, -0.25) is 9.36 Å². The number of hydrogen-bond donors (Lipinski definition) is 1. The highest BCUT2D eigenvalue weighted by Crippen LogP contribution is 2.24. The van der Waals surface area contributed by atoms with Crippen molar-refractivity contribution >= 4 is 22.3 Å². The van der Waals surface area contributed by atoms with Gasteiger partial charge in [-0.2, -0.15) is 0 Å². The van der Waals surface area contributed by atoms with Gasteiger partial charge in [0.2, 0.25) is 0 Å². The van der Waals surface area contributed by atoms with E-state index < -0.39 is 0 Å². The van der Waals surface area contributed by atoms with Crippen LogP contribution in [0.1, 0.15) is 50.6 Å². The molecular formula is C19H25ClN2O. The summed E-state index contributed by atoms with van der Waals surface area (Å²) in [5.74, 6) is 0. The molecule has 2 N–H and O–H groups in total. The van der Waals surface area contributed by atoms with Gasteiger partial charge in [-0.1, -0.05) is 43.3 Å². The molecule has 23 heavy (non-hydrogen) atoms. The first-order valence-corrected chi connectivity index (χ1v) is 8.12. The van der Waals surface area contributed by atoms with Crippen LogP contribution in [0.3, 0.4) is 0 Å². The third kappa shape index (κ3) is 4.12. The highest BCUT2D eigenvalue weighted by atomic mass is 35.5. The van der Waals surface area contributed by atoms with Crippen LogP contribution in [0.25, 0.3) is 10.7 Å². The minimum absolute atomic E-state index is 0.171. The summed E-state index contributed by atoms with van der Waals surface area (Å²) in [6.07, 6.45) is 9.67. The Balaban J connectivity index is 3.93. The maximum Gasteiger partial charge on any atom is 0.264 e. The predicted octanol–water partition coefficient (Wildman–Crippen LogP) is 4.63. The van der Waals surface area contributed by atoms with Gasteiger partial charge >= 0.3 is 0 Å². The van der Waals surface area contributed by atoms with Crippen molar-refractivity contribution in [2.45, 2.75) is 40.2 Å². The summed E-state index contributed by atoms with van der Waals surface area (Å²) in [7, 11) is 0. The number of hydrogen-bond acceptors (Lipinski definition) is 2. The molecule has 124 valence electrons. The number of pyridine rings is 1. The number of halogens is 1. The van der Waals surface area contributed by atoms with E-state index >= 15 is 0 Å². The minimum atomic E-state index is -0.291. The molecule has 4 heteroatoms. The van der Waals surface area contributed by atoms with E-state index in [1.165, 1.54) is 0 Å². The zero-order valence-corrected chi connectivity index (χ0v) is 15.0. The Morgan fingerprint density at radius 1 is 1.48 bits per heavy atom. The molecule has 1 rings (SSSR count). The van der Waals surface area contributed by atoms with Gasteiger partial charge in [-0.25, -0.2) is 0 Å². The highest BCUT2D eigenvalue weighted by Gasteiger charge is 2.19. The lowest BCUT2D eigenvalue weighted by molar-refractivity contribution is 0.732. The molecule has 0 bridgehead atoms. The Morgan fingerprint density at radius 3 is 2.57 bits per heavy atom. The first kappa shape index (κ1) is 19.2. The molecule has 0 aliphatic carbocycles. The van der Waals surface area contributed by atoms with Gasteiger partial charge in [0.05, 0.1) is 5.56 Å². The van der Waals surface area contributed by atoms with Crippen LogP contribution in [0, 0.1) is 0 Å². The molecular weight excluding hydrogens is 308 g/mol. The number of rotatable bonds is 6. The van der Waals surface area contributed by atoms with Crippen LogP contribution >= 0.6 is 11.6 Å². The van der Waals surface area contributed by atoms with Gasteiger partial charge in [0.1, 0.15) is 0 Å². The van der Waals surface area contributed by atoms with E-state index in [-0.39, 0.29) is 11.6 Å². The fourth-order valence-electron chi connectivity index (χ4n) is 2.39. The number of aryl methyl sites for hydroxylation is 1. The SMILES string of the molecule is C=C/C(=C\C=C/C)n1c([C@H](C)N)cc(CC)c(/C(Cl)=C\C)c1=O. The largest absolute Gasteiger partial charge is 0.323 e. The molecule has 0 fully saturated rings. The Bertz CT molecular complexity index is 722. The molecule has 1 aromatic rings.